The van der Waals surface area contributed by atoms with Crippen molar-refractivity contribution in [2.45, 2.75) is 43.4 Å². The second kappa shape index (κ2) is 5.44. The summed E-state index contributed by atoms with van der Waals surface area (Å²) in [6.07, 6.45) is 9.62. The van der Waals surface area contributed by atoms with Gasteiger partial charge in [-0.25, -0.2) is 0 Å². The Morgan fingerprint density at radius 2 is 2.24 bits per heavy atom. The summed E-state index contributed by atoms with van der Waals surface area (Å²) < 4.78 is 2.44. The van der Waals surface area contributed by atoms with Crippen molar-refractivity contribution in [3.8, 4) is 0 Å². The molecule has 3 nitrogen and oxygen atoms in total. The van der Waals surface area contributed by atoms with Crippen molar-refractivity contribution in [1.82, 2.24) is 15.1 Å². The van der Waals surface area contributed by atoms with Crippen LogP contribution in [0.25, 0.3) is 0 Å². The van der Waals surface area contributed by atoms with Gasteiger partial charge in [-0.2, -0.15) is 16.9 Å². The van der Waals surface area contributed by atoms with Crippen LogP contribution in [0.15, 0.2) is 12.3 Å². The summed E-state index contributed by atoms with van der Waals surface area (Å²) in [4.78, 5) is 0. The lowest BCUT2D eigenvalue weighted by Crippen LogP contribution is -2.36. The van der Waals surface area contributed by atoms with Crippen LogP contribution in [0.3, 0.4) is 0 Å². The molecule has 0 amide bonds. The Labute approximate surface area is 108 Å². The average molecular weight is 253 g/mol. The second-order valence-electron chi connectivity index (χ2n) is 5.08. The van der Waals surface area contributed by atoms with Crippen molar-refractivity contribution < 1.29 is 0 Å². The Morgan fingerprint density at radius 3 is 2.76 bits per heavy atom. The van der Waals surface area contributed by atoms with Gasteiger partial charge in [-0.1, -0.05) is 12.8 Å². The number of rotatable bonds is 5. The van der Waals surface area contributed by atoms with Crippen LogP contribution in [-0.4, -0.2) is 27.3 Å². The zero-order valence-corrected chi connectivity index (χ0v) is 11.9. The molecule has 1 N–H and O–H groups in total. The Bertz CT molecular complexity index is 355. The monoisotopic (exact) mass is 253 g/mol. The smallest absolute Gasteiger partial charge is 0.0547 e. The maximum atomic E-state index is 4.23. The first-order valence-electron chi connectivity index (χ1n) is 6.43. The molecule has 0 bridgehead atoms. The molecule has 17 heavy (non-hydrogen) atoms. The Kier molecular flexibility index (Phi) is 4.15. The van der Waals surface area contributed by atoms with Gasteiger partial charge in [0, 0.05) is 30.6 Å². The van der Waals surface area contributed by atoms with Gasteiger partial charge in [0.25, 0.3) is 0 Å². The van der Waals surface area contributed by atoms with E-state index in [2.05, 4.69) is 29.7 Å². The largest absolute Gasteiger partial charge is 0.307 e. The van der Waals surface area contributed by atoms with E-state index in [-0.39, 0.29) is 0 Å². The Morgan fingerprint density at radius 1 is 1.53 bits per heavy atom. The highest BCUT2D eigenvalue weighted by Gasteiger charge is 2.33. The van der Waals surface area contributed by atoms with E-state index >= 15 is 0 Å². The topological polar surface area (TPSA) is 29.9 Å². The first-order chi connectivity index (χ1) is 8.17. The Balaban J connectivity index is 1.91. The number of hydrogen-bond acceptors (Lipinski definition) is 3. The number of nitrogens with one attached hydrogen (secondary N) is 1. The first kappa shape index (κ1) is 13.0. The minimum Gasteiger partial charge on any atom is -0.307 e. The van der Waals surface area contributed by atoms with E-state index in [9.17, 15) is 0 Å². The fourth-order valence-corrected chi connectivity index (χ4v) is 3.65. The SMILES string of the molecule is CSC1(CNC(C)c2ccnn2C)CCCC1. The zero-order valence-electron chi connectivity index (χ0n) is 11.1. The molecule has 1 saturated carbocycles. The maximum absolute atomic E-state index is 4.23. The molecule has 1 fully saturated rings. The van der Waals surface area contributed by atoms with Gasteiger partial charge in [-0.3, -0.25) is 4.68 Å². The van der Waals surface area contributed by atoms with Crippen molar-refractivity contribution in [1.29, 1.82) is 0 Å². The van der Waals surface area contributed by atoms with E-state index in [1.54, 1.807) is 0 Å². The molecule has 1 aromatic heterocycles. The molecule has 0 aromatic carbocycles. The third kappa shape index (κ3) is 2.86. The number of nitrogens with zero attached hydrogens (tertiary/aromatic N) is 2. The van der Waals surface area contributed by atoms with Crippen LogP contribution >= 0.6 is 11.8 Å². The van der Waals surface area contributed by atoms with Gasteiger partial charge in [0.05, 0.1) is 5.69 Å². The lowest BCUT2D eigenvalue weighted by atomic mass is 10.1. The summed E-state index contributed by atoms with van der Waals surface area (Å²) in [7, 11) is 2.01. The molecule has 0 radical (unpaired) electrons. The van der Waals surface area contributed by atoms with Gasteiger partial charge in [0.2, 0.25) is 0 Å². The molecule has 0 spiro atoms. The minimum absolute atomic E-state index is 0.382. The summed E-state index contributed by atoms with van der Waals surface area (Å²) in [5.41, 5.74) is 1.26. The number of aromatic nitrogens is 2. The summed E-state index contributed by atoms with van der Waals surface area (Å²) >= 11 is 2.04. The van der Waals surface area contributed by atoms with Gasteiger partial charge < -0.3 is 5.32 Å². The molecule has 1 unspecified atom stereocenters. The highest BCUT2D eigenvalue weighted by Crippen LogP contribution is 2.39. The van der Waals surface area contributed by atoms with Gasteiger partial charge >= 0.3 is 0 Å². The number of hydrogen-bond donors (Lipinski definition) is 1. The van der Waals surface area contributed by atoms with Crippen LogP contribution in [0.4, 0.5) is 0 Å². The predicted octanol–water partition coefficient (Wildman–Crippen LogP) is 2.75. The molecule has 1 aliphatic rings. The maximum Gasteiger partial charge on any atom is 0.0547 e. The molecular formula is C13H23N3S. The molecule has 2 rings (SSSR count). The molecule has 0 aliphatic heterocycles. The van der Waals surface area contributed by atoms with E-state index in [1.165, 1.54) is 31.4 Å². The molecule has 4 heteroatoms. The Hall–Kier alpha value is -0.480. The predicted molar refractivity (Wildman–Crippen MR) is 74.3 cm³/mol. The number of aryl methyl sites for hydroxylation is 1. The lowest BCUT2D eigenvalue weighted by Gasteiger charge is -2.29. The average Bonchev–Trinajstić information content (AvgIpc) is 2.95. The summed E-state index contributed by atoms with van der Waals surface area (Å²) in [5, 5.41) is 7.90. The first-order valence-corrected chi connectivity index (χ1v) is 7.66. The van der Waals surface area contributed by atoms with E-state index in [0.717, 1.165) is 6.54 Å². The normalized spacial score (nSPS) is 20.6. The van der Waals surface area contributed by atoms with Crippen molar-refractivity contribution >= 4 is 11.8 Å². The van der Waals surface area contributed by atoms with Crippen molar-refractivity contribution in [2.75, 3.05) is 12.8 Å². The quantitative estimate of drug-likeness (QED) is 0.875. The standard InChI is InChI=1S/C13H23N3S/c1-11(12-6-9-15-16(12)2)14-10-13(17-3)7-4-5-8-13/h6,9,11,14H,4-5,7-8,10H2,1-3H3. The van der Waals surface area contributed by atoms with E-state index in [0.29, 0.717) is 10.8 Å². The highest BCUT2D eigenvalue weighted by molar-refractivity contribution is 8.00. The van der Waals surface area contributed by atoms with Gasteiger partial charge in [-0.05, 0) is 32.1 Å². The van der Waals surface area contributed by atoms with Crippen LogP contribution in [0.1, 0.15) is 44.3 Å². The number of thioether (sulfide) groups is 1. The molecule has 1 atom stereocenters. The molecule has 1 heterocycles. The van der Waals surface area contributed by atoms with Crippen molar-refractivity contribution in [2.24, 2.45) is 7.05 Å². The van der Waals surface area contributed by atoms with Crippen LogP contribution in [0.5, 0.6) is 0 Å². The lowest BCUT2D eigenvalue weighted by molar-refractivity contribution is 0.468. The summed E-state index contributed by atoms with van der Waals surface area (Å²) in [5.74, 6) is 0. The zero-order chi connectivity index (χ0) is 12.3. The molecule has 1 aromatic rings. The van der Waals surface area contributed by atoms with Gasteiger partial charge in [0.15, 0.2) is 0 Å². The van der Waals surface area contributed by atoms with Crippen LogP contribution in [0, 0.1) is 0 Å². The van der Waals surface area contributed by atoms with Crippen LogP contribution in [0.2, 0.25) is 0 Å². The van der Waals surface area contributed by atoms with E-state index < -0.39 is 0 Å². The highest BCUT2D eigenvalue weighted by atomic mass is 32.2. The molecule has 1 aliphatic carbocycles. The van der Waals surface area contributed by atoms with Gasteiger partial charge in [-0.15, -0.1) is 0 Å². The van der Waals surface area contributed by atoms with E-state index in [4.69, 9.17) is 0 Å². The minimum atomic E-state index is 0.382. The summed E-state index contributed by atoms with van der Waals surface area (Å²) in [6, 6.07) is 2.48. The van der Waals surface area contributed by atoms with Crippen molar-refractivity contribution in [3.05, 3.63) is 18.0 Å². The summed E-state index contributed by atoms with van der Waals surface area (Å²) in [6.45, 7) is 3.33. The third-order valence-electron chi connectivity index (χ3n) is 3.98. The fraction of sp³-hybridized carbons (Fsp3) is 0.769. The third-order valence-corrected chi connectivity index (χ3v) is 5.40. The molecular weight excluding hydrogens is 230 g/mol. The fourth-order valence-electron chi connectivity index (χ4n) is 2.72. The van der Waals surface area contributed by atoms with Crippen LogP contribution < -0.4 is 5.32 Å². The van der Waals surface area contributed by atoms with E-state index in [1.807, 2.05) is 29.7 Å². The van der Waals surface area contributed by atoms with Crippen molar-refractivity contribution in [3.63, 3.8) is 0 Å². The second-order valence-corrected chi connectivity index (χ2v) is 6.35. The van der Waals surface area contributed by atoms with Crippen LogP contribution in [-0.2, 0) is 7.05 Å². The molecule has 0 saturated heterocycles. The van der Waals surface area contributed by atoms with Gasteiger partial charge in [0.1, 0.15) is 0 Å². The molecule has 96 valence electrons.